The molecule has 3 aromatic rings. The third-order valence-electron chi connectivity index (χ3n) is 5.61. The van der Waals surface area contributed by atoms with Crippen LogP contribution in [0.25, 0.3) is 5.65 Å². The summed E-state index contributed by atoms with van der Waals surface area (Å²) in [5.41, 5.74) is 3.77. The van der Waals surface area contributed by atoms with Crippen molar-refractivity contribution < 1.29 is 9.84 Å². The van der Waals surface area contributed by atoms with Gasteiger partial charge in [0.05, 0.1) is 18.1 Å². The molecule has 0 aromatic carbocycles. The second-order valence-electron chi connectivity index (χ2n) is 7.55. The third-order valence-corrected chi connectivity index (χ3v) is 5.61. The number of aryl methyl sites for hydroxylation is 1. The van der Waals surface area contributed by atoms with Crippen LogP contribution in [0.4, 0.5) is 11.5 Å². The molecule has 29 heavy (non-hydrogen) atoms. The van der Waals surface area contributed by atoms with Gasteiger partial charge in [-0.05, 0) is 38.2 Å². The Morgan fingerprint density at radius 1 is 1.38 bits per heavy atom. The molecule has 154 valence electrons. The average molecular weight is 396 g/mol. The number of nitrogens with zero attached hydrogens (tertiary/aromatic N) is 5. The van der Waals surface area contributed by atoms with Crippen LogP contribution in [-0.4, -0.2) is 38.9 Å². The molecular formula is C21H28N6O2. The summed E-state index contributed by atoms with van der Waals surface area (Å²) in [6.45, 7) is 3.72. The highest BCUT2D eigenvalue weighted by Gasteiger charge is 2.26. The van der Waals surface area contributed by atoms with Crippen molar-refractivity contribution in [3.63, 3.8) is 0 Å². The maximum atomic E-state index is 11.6. The van der Waals surface area contributed by atoms with E-state index in [-0.39, 0.29) is 12.6 Å². The number of fused-ring (bicyclic) bond motifs is 1. The third kappa shape index (κ3) is 4.12. The van der Waals surface area contributed by atoms with E-state index in [1.165, 1.54) is 12.6 Å². The van der Waals surface area contributed by atoms with Crippen LogP contribution < -0.4 is 14.9 Å². The van der Waals surface area contributed by atoms with Crippen LogP contribution in [0, 0.1) is 5.21 Å². The normalized spacial score (nSPS) is 17.0. The maximum Gasteiger partial charge on any atom is 0.185 e. The Kier molecular flexibility index (Phi) is 5.80. The average Bonchev–Trinajstić information content (AvgIpc) is 3.14. The molecule has 0 radical (unpaired) electrons. The minimum absolute atomic E-state index is 0.173. The zero-order chi connectivity index (χ0) is 20.2. The zero-order valence-corrected chi connectivity index (χ0v) is 16.8. The van der Waals surface area contributed by atoms with Gasteiger partial charge in [-0.25, -0.2) is 9.50 Å². The molecule has 2 N–H and O–H groups in total. The van der Waals surface area contributed by atoms with Gasteiger partial charge in [-0.3, -0.25) is 0 Å². The molecule has 8 nitrogen and oxygen atoms in total. The lowest BCUT2D eigenvalue weighted by molar-refractivity contribution is -0.605. The SMILES string of the molecule is CCc1cnn2cc(NCc3ccc[n+]([O-])c3)c(N3CCCCC3CCO)nc12. The van der Waals surface area contributed by atoms with Crippen LogP contribution in [0.5, 0.6) is 0 Å². The van der Waals surface area contributed by atoms with Gasteiger partial charge in [0.15, 0.2) is 23.9 Å². The van der Waals surface area contributed by atoms with Crippen molar-refractivity contribution in [3.8, 4) is 0 Å². The monoisotopic (exact) mass is 396 g/mol. The van der Waals surface area contributed by atoms with E-state index in [0.717, 1.165) is 65.2 Å². The fraction of sp³-hybridized carbons (Fsp3) is 0.476. The molecule has 1 aliphatic heterocycles. The first-order valence-electron chi connectivity index (χ1n) is 10.4. The summed E-state index contributed by atoms with van der Waals surface area (Å²) in [5, 5.41) is 29.0. The molecule has 0 bridgehead atoms. The predicted octanol–water partition coefficient (Wildman–Crippen LogP) is 2.28. The number of piperidine rings is 1. The van der Waals surface area contributed by atoms with E-state index in [1.54, 1.807) is 12.3 Å². The Balaban J connectivity index is 1.71. The number of rotatable bonds is 7. The van der Waals surface area contributed by atoms with Crippen molar-refractivity contribution in [1.29, 1.82) is 0 Å². The Morgan fingerprint density at radius 3 is 3.07 bits per heavy atom. The van der Waals surface area contributed by atoms with Crippen LogP contribution in [0.15, 0.2) is 36.9 Å². The second-order valence-corrected chi connectivity index (χ2v) is 7.55. The van der Waals surface area contributed by atoms with Crippen molar-refractivity contribution in [2.75, 3.05) is 23.4 Å². The molecule has 1 saturated heterocycles. The van der Waals surface area contributed by atoms with Crippen molar-refractivity contribution in [1.82, 2.24) is 14.6 Å². The lowest BCUT2D eigenvalue weighted by Gasteiger charge is -2.37. The van der Waals surface area contributed by atoms with Crippen molar-refractivity contribution in [3.05, 3.63) is 53.3 Å². The van der Waals surface area contributed by atoms with Gasteiger partial charge in [0.2, 0.25) is 0 Å². The van der Waals surface area contributed by atoms with Crippen LogP contribution in [-0.2, 0) is 13.0 Å². The van der Waals surface area contributed by atoms with E-state index in [9.17, 15) is 10.3 Å². The molecule has 0 saturated carbocycles. The Morgan fingerprint density at radius 2 is 2.28 bits per heavy atom. The summed E-state index contributed by atoms with van der Waals surface area (Å²) in [6.07, 6.45) is 11.8. The Hall–Kier alpha value is -2.87. The highest BCUT2D eigenvalue weighted by atomic mass is 16.5. The van der Waals surface area contributed by atoms with Crippen LogP contribution in [0.2, 0.25) is 0 Å². The van der Waals surface area contributed by atoms with E-state index in [2.05, 4.69) is 22.2 Å². The second kappa shape index (κ2) is 8.65. The highest BCUT2D eigenvalue weighted by Crippen LogP contribution is 2.32. The van der Waals surface area contributed by atoms with Crippen LogP contribution in [0.3, 0.4) is 0 Å². The first-order valence-corrected chi connectivity index (χ1v) is 10.4. The Bertz CT molecular complexity index is 971. The molecule has 0 amide bonds. The van der Waals surface area contributed by atoms with Crippen LogP contribution in [0.1, 0.15) is 43.7 Å². The molecule has 1 fully saturated rings. The van der Waals surface area contributed by atoms with E-state index >= 15 is 0 Å². The van der Waals surface area contributed by atoms with Crippen molar-refractivity contribution >= 4 is 17.2 Å². The summed E-state index contributed by atoms with van der Waals surface area (Å²) >= 11 is 0. The number of hydrogen-bond acceptors (Lipinski definition) is 6. The fourth-order valence-electron chi connectivity index (χ4n) is 4.07. The predicted molar refractivity (Wildman–Crippen MR) is 112 cm³/mol. The number of anilines is 2. The lowest BCUT2D eigenvalue weighted by Crippen LogP contribution is -2.41. The molecule has 4 rings (SSSR count). The van der Waals surface area contributed by atoms with Crippen molar-refractivity contribution in [2.24, 2.45) is 0 Å². The van der Waals surface area contributed by atoms with Gasteiger partial charge >= 0.3 is 0 Å². The minimum atomic E-state index is 0.173. The van der Waals surface area contributed by atoms with Gasteiger partial charge < -0.3 is 20.5 Å². The number of pyridine rings is 1. The summed E-state index contributed by atoms with van der Waals surface area (Å²) in [7, 11) is 0. The topological polar surface area (TPSA) is 92.6 Å². The molecule has 4 heterocycles. The fourth-order valence-corrected chi connectivity index (χ4v) is 4.07. The van der Waals surface area contributed by atoms with Crippen molar-refractivity contribution in [2.45, 2.75) is 51.6 Å². The smallest absolute Gasteiger partial charge is 0.185 e. The number of aliphatic hydroxyl groups excluding tert-OH is 1. The molecule has 3 aromatic heterocycles. The van der Waals surface area contributed by atoms with Gasteiger partial charge in [0.25, 0.3) is 0 Å². The molecule has 8 heteroatoms. The van der Waals surface area contributed by atoms with Gasteiger partial charge in [-0.2, -0.15) is 9.83 Å². The molecule has 0 aliphatic carbocycles. The van der Waals surface area contributed by atoms with Gasteiger partial charge in [-0.1, -0.05) is 6.92 Å². The largest absolute Gasteiger partial charge is 0.619 e. The molecule has 1 atom stereocenters. The number of hydrogen-bond donors (Lipinski definition) is 2. The lowest BCUT2D eigenvalue weighted by atomic mass is 9.99. The molecule has 1 aliphatic rings. The van der Waals surface area contributed by atoms with Crippen LogP contribution >= 0.6 is 0 Å². The first-order chi connectivity index (χ1) is 14.2. The van der Waals surface area contributed by atoms with Gasteiger partial charge in [-0.15, -0.1) is 0 Å². The van der Waals surface area contributed by atoms with Gasteiger partial charge in [0.1, 0.15) is 0 Å². The highest BCUT2D eigenvalue weighted by molar-refractivity contribution is 5.69. The minimum Gasteiger partial charge on any atom is -0.619 e. The van der Waals surface area contributed by atoms with E-state index < -0.39 is 0 Å². The number of aromatic nitrogens is 4. The maximum absolute atomic E-state index is 11.6. The summed E-state index contributed by atoms with van der Waals surface area (Å²) < 4.78 is 2.62. The standard InChI is InChI=1S/C21H28N6O2/c1-2-17-13-23-27-15-19(22-12-16-6-5-9-25(29)14-16)21(24-20(17)27)26-10-4-3-7-18(26)8-11-28/h5-6,9,13-15,18,22,28H,2-4,7-8,10-12H2,1H3. The quantitative estimate of drug-likeness (QED) is 0.470. The number of nitrogens with one attached hydrogen (secondary N) is 1. The Labute approximate surface area is 170 Å². The van der Waals surface area contributed by atoms with E-state index in [0.29, 0.717) is 6.54 Å². The first kappa shape index (κ1) is 19.4. The summed E-state index contributed by atoms with van der Waals surface area (Å²) in [4.78, 5) is 7.33. The summed E-state index contributed by atoms with van der Waals surface area (Å²) in [5.74, 6) is 0.900. The number of aliphatic hydroxyl groups is 1. The van der Waals surface area contributed by atoms with E-state index in [1.807, 2.05) is 23.0 Å². The van der Waals surface area contributed by atoms with E-state index in [4.69, 9.17) is 4.98 Å². The molecule has 1 unspecified atom stereocenters. The summed E-state index contributed by atoms with van der Waals surface area (Å²) in [6, 6.07) is 3.94. The molecular weight excluding hydrogens is 368 g/mol. The molecule has 0 spiro atoms. The van der Waals surface area contributed by atoms with Gasteiger partial charge in [0, 0.05) is 42.9 Å². The zero-order valence-electron chi connectivity index (χ0n) is 16.8.